The van der Waals surface area contributed by atoms with Gasteiger partial charge in [0.1, 0.15) is 0 Å². The maximum atomic E-state index is 11.7. The van der Waals surface area contributed by atoms with Gasteiger partial charge in [-0.25, -0.2) is 0 Å². The fourth-order valence-electron chi connectivity index (χ4n) is 1.13. The second-order valence-electron chi connectivity index (χ2n) is 4.85. The molecule has 0 aliphatic carbocycles. The minimum Gasteiger partial charge on any atom is -0.317 e. The monoisotopic (exact) mass is 219 g/mol. The molecule has 0 amide bonds. The lowest BCUT2D eigenvalue weighted by Crippen LogP contribution is -2.24. The lowest BCUT2D eigenvalue weighted by molar-refractivity contribution is 0.536. The highest BCUT2D eigenvalue weighted by Crippen LogP contribution is 2.13. The second-order valence-corrected chi connectivity index (χ2v) is 7.17. The van der Waals surface area contributed by atoms with E-state index in [-0.39, 0.29) is 4.75 Å². The Morgan fingerprint density at radius 2 is 1.86 bits per heavy atom. The summed E-state index contributed by atoms with van der Waals surface area (Å²) in [4.78, 5) is 0. The molecule has 0 heterocycles. The fourth-order valence-corrected chi connectivity index (χ4v) is 2.21. The highest BCUT2D eigenvalue weighted by atomic mass is 32.2. The van der Waals surface area contributed by atoms with Crippen LogP contribution in [-0.2, 0) is 10.8 Å². The summed E-state index contributed by atoms with van der Waals surface area (Å²) in [5.74, 6) is 0.847. The second kappa shape index (κ2) is 6.57. The lowest BCUT2D eigenvalue weighted by atomic mass is 10.1. The topological polar surface area (TPSA) is 29.1 Å². The minimum atomic E-state index is -0.674. The van der Waals surface area contributed by atoms with Crippen LogP contribution in [0.15, 0.2) is 0 Å². The first-order valence-corrected chi connectivity index (χ1v) is 6.75. The Kier molecular flexibility index (Phi) is 6.62. The van der Waals surface area contributed by atoms with Gasteiger partial charge in [0.2, 0.25) is 0 Å². The van der Waals surface area contributed by atoms with Crippen LogP contribution >= 0.6 is 0 Å². The van der Waals surface area contributed by atoms with E-state index in [0.717, 1.165) is 12.2 Å². The zero-order valence-corrected chi connectivity index (χ0v) is 11.0. The van der Waals surface area contributed by atoms with Crippen molar-refractivity contribution in [1.29, 1.82) is 0 Å². The van der Waals surface area contributed by atoms with Crippen molar-refractivity contribution in [2.75, 3.05) is 12.8 Å². The van der Waals surface area contributed by atoms with Crippen molar-refractivity contribution in [1.82, 2.24) is 5.32 Å². The number of hydrogen-bond donors (Lipinski definition) is 1. The molecule has 0 aliphatic heterocycles. The Balaban J connectivity index is 3.51. The molecule has 2 unspecified atom stereocenters. The molecule has 0 saturated carbocycles. The molecule has 0 fully saturated rings. The van der Waals surface area contributed by atoms with Crippen molar-refractivity contribution in [2.45, 2.75) is 57.7 Å². The van der Waals surface area contributed by atoms with Crippen molar-refractivity contribution >= 4 is 10.8 Å². The van der Waals surface area contributed by atoms with Crippen LogP contribution in [-0.4, -0.2) is 27.8 Å². The van der Waals surface area contributed by atoms with E-state index in [4.69, 9.17) is 0 Å². The van der Waals surface area contributed by atoms with E-state index in [1.165, 1.54) is 12.8 Å². The summed E-state index contributed by atoms with van der Waals surface area (Å²) in [6, 6.07) is 0.582. The largest absolute Gasteiger partial charge is 0.317 e. The Bertz CT molecular complexity index is 175. The van der Waals surface area contributed by atoms with Gasteiger partial charge < -0.3 is 5.32 Å². The first kappa shape index (κ1) is 14.1. The van der Waals surface area contributed by atoms with Crippen LogP contribution in [0.25, 0.3) is 0 Å². The van der Waals surface area contributed by atoms with E-state index in [1.807, 2.05) is 27.8 Å². The predicted molar refractivity (Wildman–Crippen MR) is 65.1 cm³/mol. The van der Waals surface area contributed by atoms with Crippen LogP contribution in [0.4, 0.5) is 0 Å². The smallest absolute Gasteiger partial charge is 0.0375 e. The van der Waals surface area contributed by atoms with Gasteiger partial charge in [-0.05, 0) is 47.6 Å². The van der Waals surface area contributed by atoms with Gasteiger partial charge in [0.25, 0.3) is 0 Å². The fraction of sp³-hybridized carbons (Fsp3) is 1.00. The molecule has 0 rings (SSSR count). The zero-order valence-electron chi connectivity index (χ0n) is 10.2. The van der Waals surface area contributed by atoms with Gasteiger partial charge in [-0.1, -0.05) is 6.42 Å². The van der Waals surface area contributed by atoms with Crippen LogP contribution in [0.1, 0.15) is 47.0 Å². The Labute approximate surface area is 91.3 Å². The first-order valence-electron chi connectivity index (χ1n) is 5.43. The average Bonchev–Trinajstić information content (AvgIpc) is 2.09. The molecule has 0 bridgehead atoms. The quantitative estimate of drug-likeness (QED) is 0.695. The molecule has 3 heteroatoms. The molecule has 0 aliphatic rings. The van der Waals surface area contributed by atoms with Crippen LogP contribution in [0.3, 0.4) is 0 Å². The summed E-state index contributed by atoms with van der Waals surface area (Å²) >= 11 is 0. The SMILES string of the molecule is CNC(C)CCCCS(=O)C(C)(C)C. The van der Waals surface area contributed by atoms with Crippen LogP contribution < -0.4 is 5.32 Å². The van der Waals surface area contributed by atoms with Crippen LogP contribution in [0, 0.1) is 0 Å². The molecular weight excluding hydrogens is 194 g/mol. The molecule has 0 aromatic rings. The molecule has 2 nitrogen and oxygen atoms in total. The van der Waals surface area contributed by atoms with E-state index in [0.29, 0.717) is 6.04 Å². The van der Waals surface area contributed by atoms with Crippen LogP contribution in [0.5, 0.6) is 0 Å². The predicted octanol–water partition coefficient (Wildman–Crippen LogP) is 2.31. The molecule has 0 radical (unpaired) electrons. The normalized spacial score (nSPS) is 16.6. The maximum absolute atomic E-state index is 11.7. The van der Waals surface area contributed by atoms with Gasteiger partial charge in [0.05, 0.1) is 0 Å². The molecule has 0 saturated heterocycles. The highest BCUT2D eigenvalue weighted by molar-refractivity contribution is 7.86. The molecule has 14 heavy (non-hydrogen) atoms. The molecule has 0 spiro atoms. The molecule has 2 atom stereocenters. The van der Waals surface area contributed by atoms with Crippen molar-refractivity contribution in [3.05, 3.63) is 0 Å². The zero-order chi connectivity index (χ0) is 11.2. The minimum absolute atomic E-state index is 0.0470. The summed E-state index contributed by atoms with van der Waals surface area (Å²) in [6.45, 7) is 8.30. The molecular formula is C11H25NOS. The van der Waals surface area contributed by atoms with Crippen molar-refractivity contribution in [3.63, 3.8) is 0 Å². The average molecular weight is 219 g/mol. The van der Waals surface area contributed by atoms with E-state index in [2.05, 4.69) is 12.2 Å². The maximum Gasteiger partial charge on any atom is 0.0375 e. The number of hydrogen-bond acceptors (Lipinski definition) is 2. The third-order valence-electron chi connectivity index (χ3n) is 2.39. The van der Waals surface area contributed by atoms with Gasteiger partial charge in [-0.3, -0.25) is 4.21 Å². The van der Waals surface area contributed by atoms with Crippen molar-refractivity contribution in [2.24, 2.45) is 0 Å². The number of rotatable bonds is 6. The van der Waals surface area contributed by atoms with Gasteiger partial charge in [0, 0.05) is 27.3 Å². The van der Waals surface area contributed by atoms with Gasteiger partial charge in [-0.2, -0.15) is 0 Å². The Morgan fingerprint density at radius 3 is 2.29 bits per heavy atom. The Hall–Kier alpha value is 0.110. The van der Waals surface area contributed by atoms with Crippen LogP contribution in [0.2, 0.25) is 0 Å². The van der Waals surface area contributed by atoms with E-state index >= 15 is 0 Å². The number of unbranched alkanes of at least 4 members (excludes halogenated alkanes) is 1. The molecule has 86 valence electrons. The van der Waals surface area contributed by atoms with E-state index in [1.54, 1.807) is 0 Å². The molecule has 0 aromatic carbocycles. The molecule has 0 aromatic heterocycles. The summed E-state index contributed by atoms with van der Waals surface area (Å²) in [6.07, 6.45) is 3.43. The van der Waals surface area contributed by atoms with E-state index in [9.17, 15) is 4.21 Å². The summed E-state index contributed by atoms with van der Waals surface area (Å²) in [7, 11) is 1.31. The van der Waals surface area contributed by atoms with E-state index < -0.39 is 10.8 Å². The van der Waals surface area contributed by atoms with Gasteiger partial charge in [-0.15, -0.1) is 0 Å². The first-order chi connectivity index (χ1) is 6.38. The summed E-state index contributed by atoms with van der Waals surface area (Å²) in [5.41, 5.74) is 0. The van der Waals surface area contributed by atoms with Gasteiger partial charge >= 0.3 is 0 Å². The third-order valence-corrected chi connectivity index (χ3v) is 4.42. The highest BCUT2D eigenvalue weighted by Gasteiger charge is 2.18. The number of nitrogens with one attached hydrogen (secondary N) is 1. The van der Waals surface area contributed by atoms with Gasteiger partial charge in [0.15, 0.2) is 0 Å². The molecule has 1 N–H and O–H groups in total. The van der Waals surface area contributed by atoms with Crippen molar-refractivity contribution < 1.29 is 4.21 Å². The standard InChI is InChI=1S/C11H25NOS/c1-10(12-5)8-6-7-9-14(13)11(2,3)4/h10,12H,6-9H2,1-5H3. The summed E-state index contributed by atoms with van der Waals surface area (Å²) in [5, 5.41) is 3.21. The third kappa shape index (κ3) is 6.55. The van der Waals surface area contributed by atoms with Crippen molar-refractivity contribution in [3.8, 4) is 0 Å². The Morgan fingerprint density at radius 1 is 1.29 bits per heavy atom. The lowest BCUT2D eigenvalue weighted by Gasteiger charge is -2.17. The summed E-state index contributed by atoms with van der Waals surface area (Å²) < 4.78 is 11.6.